The van der Waals surface area contributed by atoms with Crippen LogP contribution in [0.15, 0.2) is 85.1 Å². The Morgan fingerprint density at radius 3 is 1.96 bits per heavy atom. The molecule has 0 bridgehead atoms. The molecule has 0 unspecified atom stereocenters. The number of hydrogen-bond donors (Lipinski definition) is 0. The van der Waals surface area contributed by atoms with Crippen LogP contribution in [-0.4, -0.2) is 9.55 Å². The SMILES string of the molecule is c1cc(-n2c3ccccc3c3ccccc32)c2cccnc2c1. The lowest BCUT2D eigenvalue weighted by atomic mass is 10.1. The molecule has 2 aromatic heterocycles. The normalized spacial score (nSPS) is 11.5. The maximum atomic E-state index is 4.50. The third-order valence-corrected chi connectivity index (χ3v) is 4.44. The average molecular weight is 294 g/mol. The van der Waals surface area contributed by atoms with E-state index in [1.807, 2.05) is 12.3 Å². The Bertz CT molecular complexity index is 1110. The first-order valence-corrected chi connectivity index (χ1v) is 7.76. The zero-order valence-corrected chi connectivity index (χ0v) is 12.5. The lowest BCUT2D eigenvalue weighted by Gasteiger charge is -2.10. The van der Waals surface area contributed by atoms with Crippen LogP contribution in [0.5, 0.6) is 0 Å². The molecule has 0 atom stereocenters. The van der Waals surface area contributed by atoms with Gasteiger partial charge in [-0.2, -0.15) is 0 Å². The van der Waals surface area contributed by atoms with Crippen molar-refractivity contribution in [1.29, 1.82) is 0 Å². The van der Waals surface area contributed by atoms with Crippen molar-refractivity contribution in [3.63, 3.8) is 0 Å². The third-order valence-electron chi connectivity index (χ3n) is 4.44. The van der Waals surface area contributed by atoms with E-state index in [-0.39, 0.29) is 0 Å². The Morgan fingerprint density at radius 2 is 1.22 bits per heavy atom. The lowest BCUT2D eigenvalue weighted by molar-refractivity contribution is 1.19. The van der Waals surface area contributed by atoms with Gasteiger partial charge in [-0.15, -0.1) is 0 Å². The summed E-state index contributed by atoms with van der Waals surface area (Å²) in [5.74, 6) is 0. The van der Waals surface area contributed by atoms with Crippen LogP contribution in [0, 0.1) is 0 Å². The standard InChI is InChI=1S/C21H14N2/c1-3-11-19-15(7-1)16-8-2-4-12-20(16)23(19)21-13-5-10-18-17(21)9-6-14-22-18/h1-14H. The van der Waals surface area contributed by atoms with Crippen LogP contribution in [0.4, 0.5) is 0 Å². The summed E-state index contributed by atoms with van der Waals surface area (Å²) in [6.45, 7) is 0. The summed E-state index contributed by atoms with van der Waals surface area (Å²) in [6.07, 6.45) is 1.85. The van der Waals surface area contributed by atoms with Crippen molar-refractivity contribution in [3.8, 4) is 5.69 Å². The molecule has 2 heterocycles. The van der Waals surface area contributed by atoms with E-state index in [1.165, 1.54) is 32.9 Å². The van der Waals surface area contributed by atoms with Gasteiger partial charge >= 0.3 is 0 Å². The van der Waals surface area contributed by atoms with Crippen molar-refractivity contribution in [2.75, 3.05) is 0 Å². The number of hydrogen-bond acceptors (Lipinski definition) is 1. The monoisotopic (exact) mass is 294 g/mol. The molecule has 108 valence electrons. The third kappa shape index (κ3) is 1.72. The summed E-state index contributed by atoms with van der Waals surface area (Å²) in [5, 5.41) is 3.73. The van der Waals surface area contributed by atoms with Gasteiger partial charge < -0.3 is 4.57 Å². The highest BCUT2D eigenvalue weighted by molar-refractivity contribution is 6.10. The number of benzene rings is 3. The quantitative estimate of drug-likeness (QED) is 0.408. The second-order valence-electron chi connectivity index (χ2n) is 5.72. The largest absolute Gasteiger partial charge is 0.309 e. The van der Waals surface area contributed by atoms with Crippen LogP contribution >= 0.6 is 0 Å². The van der Waals surface area contributed by atoms with E-state index in [0.717, 1.165) is 5.52 Å². The number of para-hydroxylation sites is 2. The number of pyridine rings is 1. The van der Waals surface area contributed by atoms with Crippen LogP contribution in [0.2, 0.25) is 0 Å². The van der Waals surface area contributed by atoms with Crippen LogP contribution < -0.4 is 0 Å². The zero-order chi connectivity index (χ0) is 15.2. The summed E-state index contributed by atoms with van der Waals surface area (Å²) in [7, 11) is 0. The molecule has 5 rings (SSSR count). The van der Waals surface area contributed by atoms with Crippen molar-refractivity contribution < 1.29 is 0 Å². The Morgan fingerprint density at radius 1 is 0.565 bits per heavy atom. The fraction of sp³-hybridized carbons (Fsp3) is 0. The van der Waals surface area contributed by atoms with E-state index in [2.05, 4.69) is 82.3 Å². The topological polar surface area (TPSA) is 17.8 Å². The van der Waals surface area contributed by atoms with Crippen molar-refractivity contribution in [2.45, 2.75) is 0 Å². The lowest BCUT2D eigenvalue weighted by Crippen LogP contribution is -1.95. The molecule has 0 N–H and O–H groups in total. The molecule has 2 heteroatoms. The van der Waals surface area contributed by atoms with Gasteiger partial charge in [-0.05, 0) is 36.4 Å². The fourth-order valence-electron chi connectivity index (χ4n) is 3.46. The molecule has 0 radical (unpaired) electrons. The van der Waals surface area contributed by atoms with Gasteiger partial charge in [-0.1, -0.05) is 42.5 Å². The van der Waals surface area contributed by atoms with Crippen molar-refractivity contribution in [3.05, 3.63) is 85.1 Å². The summed E-state index contributed by atoms with van der Waals surface area (Å²) in [4.78, 5) is 4.50. The highest BCUT2D eigenvalue weighted by atomic mass is 15.0. The first-order valence-electron chi connectivity index (χ1n) is 7.76. The highest BCUT2D eigenvalue weighted by Crippen LogP contribution is 2.33. The Balaban J connectivity index is 2.03. The van der Waals surface area contributed by atoms with Crippen molar-refractivity contribution in [1.82, 2.24) is 9.55 Å². The zero-order valence-electron chi connectivity index (χ0n) is 12.5. The number of nitrogens with zero attached hydrogens (tertiary/aromatic N) is 2. The fourth-order valence-corrected chi connectivity index (χ4v) is 3.46. The maximum absolute atomic E-state index is 4.50. The van der Waals surface area contributed by atoms with Gasteiger partial charge in [0, 0.05) is 22.4 Å². The molecule has 2 nitrogen and oxygen atoms in total. The van der Waals surface area contributed by atoms with E-state index in [9.17, 15) is 0 Å². The molecular weight excluding hydrogens is 280 g/mol. The molecule has 0 aliphatic carbocycles. The molecule has 0 saturated heterocycles. The van der Waals surface area contributed by atoms with Gasteiger partial charge in [0.05, 0.1) is 22.2 Å². The molecular formula is C21H14N2. The summed E-state index contributed by atoms with van der Waals surface area (Å²) in [5.41, 5.74) is 4.65. The molecule has 0 aliphatic heterocycles. The Hall–Kier alpha value is -3.13. The van der Waals surface area contributed by atoms with E-state index >= 15 is 0 Å². The molecule has 5 aromatic rings. The number of aromatic nitrogens is 2. The number of fused-ring (bicyclic) bond motifs is 4. The molecule has 0 fully saturated rings. The minimum atomic E-state index is 1.02. The van der Waals surface area contributed by atoms with Gasteiger partial charge in [-0.25, -0.2) is 0 Å². The molecule has 0 saturated carbocycles. The van der Waals surface area contributed by atoms with Gasteiger partial charge in [0.2, 0.25) is 0 Å². The second-order valence-corrected chi connectivity index (χ2v) is 5.72. The van der Waals surface area contributed by atoms with Gasteiger partial charge in [0.1, 0.15) is 0 Å². The van der Waals surface area contributed by atoms with E-state index in [4.69, 9.17) is 0 Å². The van der Waals surface area contributed by atoms with Crippen molar-refractivity contribution >= 4 is 32.7 Å². The predicted octanol–water partition coefficient (Wildman–Crippen LogP) is 5.33. The van der Waals surface area contributed by atoms with Crippen LogP contribution in [0.25, 0.3) is 38.4 Å². The van der Waals surface area contributed by atoms with Crippen molar-refractivity contribution in [2.24, 2.45) is 0 Å². The molecule has 23 heavy (non-hydrogen) atoms. The maximum Gasteiger partial charge on any atom is 0.0723 e. The Kier molecular flexibility index (Phi) is 2.53. The number of rotatable bonds is 1. The second kappa shape index (κ2) is 4.68. The highest BCUT2D eigenvalue weighted by Gasteiger charge is 2.13. The first-order chi connectivity index (χ1) is 11.4. The van der Waals surface area contributed by atoms with E-state index in [0.29, 0.717) is 0 Å². The Labute approximate surface area is 133 Å². The molecule has 0 spiro atoms. The van der Waals surface area contributed by atoms with Gasteiger partial charge in [0.15, 0.2) is 0 Å². The van der Waals surface area contributed by atoms with E-state index < -0.39 is 0 Å². The van der Waals surface area contributed by atoms with Gasteiger partial charge in [0.25, 0.3) is 0 Å². The summed E-state index contributed by atoms with van der Waals surface area (Å²) >= 11 is 0. The first kappa shape index (κ1) is 12.4. The molecule has 3 aromatic carbocycles. The van der Waals surface area contributed by atoms with Crippen LogP contribution in [0.1, 0.15) is 0 Å². The predicted molar refractivity (Wildman–Crippen MR) is 96.1 cm³/mol. The van der Waals surface area contributed by atoms with Crippen LogP contribution in [-0.2, 0) is 0 Å². The minimum absolute atomic E-state index is 1.02. The average Bonchev–Trinajstić information content (AvgIpc) is 2.96. The minimum Gasteiger partial charge on any atom is -0.309 e. The van der Waals surface area contributed by atoms with Crippen LogP contribution in [0.3, 0.4) is 0 Å². The summed E-state index contributed by atoms with van der Waals surface area (Å²) in [6, 6.07) is 27.6. The smallest absolute Gasteiger partial charge is 0.0723 e. The van der Waals surface area contributed by atoms with E-state index in [1.54, 1.807) is 0 Å². The summed E-state index contributed by atoms with van der Waals surface area (Å²) < 4.78 is 2.34. The van der Waals surface area contributed by atoms with Gasteiger partial charge in [-0.3, -0.25) is 4.98 Å². The molecule has 0 amide bonds. The molecule has 0 aliphatic rings.